The molecule has 2 N–H and O–H groups in total. The number of aromatic nitrogens is 4. The number of rotatable bonds is 11. The molecule has 13 heteroatoms. The zero-order valence-electron chi connectivity index (χ0n) is 19.5. The molecule has 0 saturated carbocycles. The first-order valence-electron chi connectivity index (χ1n) is 10.8. The summed E-state index contributed by atoms with van der Waals surface area (Å²) in [5, 5.41) is 16.1. The second kappa shape index (κ2) is 11.4. The molecule has 0 atom stereocenters. The summed E-state index contributed by atoms with van der Waals surface area (Å²) >= 11 is 1.25. The Balaban J connectivity index is 1.36. The van der Waals surface area contributed by atoms with Crippen LogP contribution in [0.25, 0.3) is 5.65 Å². The largest absolute Gasteiger partial charge is 0.497 e. The lowest BCUT2D eigenvalue weighted by molar-refractivity contribution is -0.113. The molecule has 0 aliphatic rings. The fourth-order valence-corrected chi connectivity index (χ4v) is 4.95. The molecule has 2 aromatic heterocycles. The van der Waals surface area contributed by atoms with Crippen LogP contribution in [0.15, 0.2) is 70.6 Å². The van der Waals surface area contributed by atoms with E-state index in [0.29, 0.717) is 33.7 Å². The van der Waals surface area contributed by atoms with E-state index in [1.54, 1.807) is 48.0 Å². The van der Waals surface area contributed by atoms with Crippen LogP contribution >= 0.6 is 11.8 Å². The maximum absolute atomic E-state index is 12.5. The molecule has 2 heterocycles. The van der Waals surface area contributed by atoms with Crippen molar-refractivity contribution < 1.29 is 22.7 Å². The van der Waals surface area contributed by atoms with Gasteiger partial charge in [-0.1, -0.05) is 23.9 Å². The van der Waals surface area contributed by atoms with Crippen LogP contribution in [0, 0.1) is 0 Å². The minimum Gasteiger partial charge on any atom is -0.497 e. The first-order valence-corrected chi connectivity index (χ1v) is 13.3. The van der Waals surface area contributed by atoms with Gasteiger partial charge >= 0.3 is 0 Å². The predicted octanol–water partition coefficient (Wildman–Crippen LogP) is 2.39. The molecule has 0 unspecified atom stereocenters. The number of thioether (sulfide) groups is 1. The highest BCUT2D eigenvalue weighted by Crippen LogP contribution is 2.24. The number of hydrogen-bond donors (Lipinski definition) is 2. The Morgan fingerprint density at radius 3 is 2.53 bits per heavy atom. The number of para-hydroxylation sites is 2. The highest BCUT2D eigenvalue weighted by atomic mass is 32.2. The van der Waals surface area contributed by atoms with Crippen molar-refractivity contribution in [2.45, 2.75) is 16.3 Å². The molecular weight excluding hydrogens is 504 g/mol. The van der Waals surface area contributed by atoms with Gasteiger partial charge in [-0.3, -0.25) is 4.79 Å². The molecule has 0 aliphatic heterocycles. The number of nitrogens with zero attached hydrogens (tertiary/aromatic N) is 4. The van der Waals surface area contributed by atoms with E-state index in [-0.39, 0.29) is 29.5 Å². The first kappa shape index (κ1) is 25.4. The van der Waals surface area contributed by atoms with Gasteiger partial charge < -0.3 is 14.8 Å². The molecule has 188 valence electrons. The molecule has 0 saturated heterocycles. The molecule has 0 bridgehead atoms. The molecule has 36 heavy (non-hydrogen) atoms. The smallest absolute Gasteiger partial charge is 0.240 e. The van der Waals surface area contributed by atoms with E-state index < -0.39 is 10.0 Å². The van der Waals surface area contributed by atoms with Gasteiger partial charge in [0.2, 0.25) is 15.9 Å². The van der Waals surface area contributed by atoms with Crippen LogP contribution in [0.1, 0.15) is 5.82 Å². The maximum atomic E-state index is 12.5. The monoisotopic (exact) mass is 528 g/mol. The van der Waals surface area contributed by atoms with Crippen LogP contribution in [0.2, 0.25) is 0 Å². The summed E-state index contributed by atoms with van der Waals surface area (Å²) in [4.78, 5) is 12.5. The minimum absolute atomic E-state index is 0.107. The van der Waals surface area contributed by atoms with Crippen molar-refractivity contribution in [1.29, 1.82) is 0 Å². The molecule has 0 fully saturated rings. The van der Waals surface area contributed by atoms with Crippen molar-refractivity contribution >= 4 is 39.0 Å². The second-order valence-corrected chi connectivity index (χ2v) is 10.2. The van der Waals surface area contributed by atoms with Gasteiger partial charge in [-0.05, 0) is 48.5 Å². The van der Waals surface area contributed by atoms with Crippen molar-refractivity contribution in [3.05, 3.63) is 66.5 Å². The summed E-state index contributed by atoms with van der Waals surface area (Å²) in [5.41, 5.74) is 1.11. The first-order chi connectivity index (χ1) is 17.4. The van der Waals surface area contributed by atoms with Crippen LogP contribution in [-0.2, 0) is 21.2 Å². The van der Waals surface area contributed by atoms with Crippen LogP contribution < -0.4 is 19.5 Å². The van der Waals surface area contributed by atoms with Crippen molar-refractivity contribution in [3.8, 4) is 11.5 Å². The molecule has 2 aromatic carbocycles. The summed E-state index contributed by atoms with van der Waals surface area (Å²) in [6.45, 7) is 0.107. The van der Waals surface area contributed by atoms with Crippen LogP contribution in [0.4, 0.5) is 5.69 Å². The Hall–Kier alpha value is -3.68. The maximum Gasteiger partial charge on any atom is 0.240 e. The number of carbonyl (C=O) groups is 1. The summed E-state index contributed by atoms with van der Waals surface area (Å²) in [6, 6.07) is 16.8. The molecule has 4 rings (SSSR count). The van der Waals surface area contributed by atoms with E-state index in [1.807, 2.05) is 12.1 Å². The Labute approximate surface area is 212 Å². The molecule has 0 radical (unpaired) electrons. The number of fused-ring (bicyclic) bond motifs is 1. The number of anilines is 1. The molecule has 4 aromatic rings. The van der Waals surface area contributed by atoms with Crippen molar-refractivity contribution in [3.63, 3.8) is 0 Å². The third kappa shape index (κ3) is 6.11. The number of sulfonamides is 1. The number of ether oxygens (including phenoxy) is 2. The lowest BCUT2D eigenvalue weighted by Crippen LogP contribution is -2.26. The zero-order valence-corrected chi connectivity index (χ0v) is 21.2. The van der Waals surface area contributed by atoms with Gasteiger partial charge in [0.1, 0.15) is 16.5 Å². The second-order valence-electron chi connectivity index (χ2n) is 7.42. The van der Waals surface area contributed by atoms with Crippen LogP contribution in [0.3, 0.4) is 0 Å². The predicted molar refractivity (Wildman–Crippen MR) is 135 cm³/mol. The highest BCUT2D eigenvalue weighted by Gasteiger charge is 2.15. The minimum atomic E-state index is -3.69. The highest BCUT2D eigenvalue weighted by molar-refractivity contribution is 7.99. The van der Waals surface area contributed by atoms with E-state index in [2.05, 4.69) is 25.3 Å². The van der Waals surface area contributed by atoms with Crippen LogP contribution in [-0.4, -0.2) is 60.7 Å². The average Bonchev–Trinajstić information content (AvgIpc) is 3.30. The van der Waals surface area contributed by atoms with Gasteiger partial charge in [-0.15, -0.1) is 10.2 Å². The topological polar surface area (TPSA) is 137 Å². The van der Waals surface area contributed by atoms with Crippen LogP contribution in [0.5, 0.6) is 11.5 Å². The van der Waals surface area contributed by atoms with Crippen molar-refractivity contribution in [2.24, 2.45) is 0 Å². The summed E-state index contributed by atoms with van der Waals surface area (Å²) in [5.74, 6) is 1.56. The molecular formula is C23H24N6O5S2. The van der Waals surface area contributed by atoms with Gasteiger partial charge in [-0.25, -0.2) is 13.1 Å². The average molecular weight is 529 g/mol. The number of benzene rings is 2. The quantitative estimate of drug-likeness (QED) is 0.281. The Bertz CT molecular complexity index is 1460. The SMILES string of the molecule is COc1ccc(S(=O)(=O)NCCc2nnc3ccc(SCC(=O)Nc4ccccc4OC)nn23)cc1. The normalized spacial score (nSPS) is 11.4. The summed E-state index contributed by atoms with van der Waals surface area (Å²) in [6.07, 6.45) is 0.270. The van der Waals surface area contributed by atoms with Gasteiger partial charge in [0.25, 0.3) is 0 Å². The lowest BCUT2D eigenvalue weighted by Gasteiger charge is -2.09. The lowest BCUT2D eigenvalue weighted by atomic mass is 10.3. The standard InChI is InChI=1S/C23H24N6O5S2/c1-33-16-7-9-17(10-8-16)36(31,32)24-14-13-21-27-26-20-11-12-23(28-29(20)21)35-15-22(30)25-18-5-3-4-6-19(18)34-2/h3-12,24H,13-15H2,1-2H3,(H,25,30). The number of amides is 1. The van der Waals surface area contributed by atoms with E-state index in [0.717, 1.165) is 0 Å². The third-order valence-electron chi connectivity index (χ3n) is 5.05. The van der Waals surface area contributed by atoms with Gasteiger partial charge in [-0.2, -0.15) is 9.61 Å². The Kier molecular flexibility index (Phi) is 8.03. The number of hydrogen-bond acceptors (Lipinski definition) is 9. The molecule has 1 amide bonds. The number of nitrogens with one attached hydrogen (secondary N) is 2. The number of carbonyl (C=O) groups excluding carboxylic acids is 1. The van der Waals surface area contributed by atoms with E-state index in [1.165, 1.54) is 31.0 Å². The van der Waals surface area contributed by atoms with Gasteiger partial charge in [0.05, 0.1) is 30.6 Å². The van der Waals surface area contributed by atoms with E-state index >= 15 is 0 Å². The molecule has 11 nitrogen and oxygen atoms in total. The van der Waals surface area contributed by atoms with E-state index in [4.69, 9.17) is 9.47 Å². The van der Waals surface area contributed by atoms with E-state index in [9.17, 15) is 13.2 Å². The zero-order chi connectivity index (χ0) is 25.5. The van der Waals surface area contributed by atoms with Gasteiger partial charge in [0.15, 0.2) is 11.5 Å². The Morgan fingerprint density at radius 2 is 1.78 bits per heavy atom. The van der Waals surface area contributed by atoms with Gasteiger partial charge in [0, 0.05) is 13.0 Å². The third-order valence-corrected chi connectivity index (χ3v) is 7.44. The fourth-order valence-electron chi connectivity index (χ4n) is 3.26. The summed E-state index contributed by atoms with van der Waals surface area (Å²) in [7, 11) is -0.635. The molecule has 0 spiro atoms. The molecule has 0 aliphatic carbocycles. The summed E-state index contributed by atoms with van der Waals surface area (Å²) < 4.78 is 39.5. The van der Waals surface area contributed by atoms with Crippen molar-refractivity contribution in [1.82, 2.24) is 24.5 Å². The fraction of sp³-hybridized carbons (Fsp3) is 0.217. The Morgan fingerprint density at radius 1 is 1.00 bits per heavy atom. The number of methoxy groups -OCH3 is 2. The van der Waals surface area contributed by atoms with Crippen molar-refractivity contribution in [2.75, 3.05) is 31.8 Å².